The van der Waals surface area contributed by atoms with Gasteiger partial charge in [-0.2, -0.15) is 5.26 Å². The van der Waals surface area contributed by atoms with Gasteiger partial charge in [-0.3, -0.25) is 4.99 Å². The van der Waals surface area contributed by atoms with Crippen molar-refractivity contribution >= 4 is 29.9 Å². The van der Waals surface area contributed by atoms with E-state index in [0.29, 0.717) is 18.0 Å². The minimum absolute atomic E-state index is 0. The monoisotopic (exact) mass is 444 g/mol. The minimum Gasteiger partial charge on any atom is -0.378 e. The van der Waals surface area contributed by atoms with E-state index in [1.807, 2.05) is 31.2 Å². The molecule has 6 heteroatoms. The van der Waals surface area contributed by atoms with E-state index in [4.69, 9.17) is 10.00 Å². The number of nitriles is 1. The third-order valence-corrected chi connectivity index (χ3v) is 3.61. The predicted molar refractivity (Wildman–Crippen MR) is 110 cm³/mol. The normalized spacial score (nSPS) is 12.2. The third-order valence-electron chi connectivity index (χ3n) is 3.61. The second-order valence-corrected chi connectivity index (χ2v) is 5.69. The molecular weight excluding hydrogens is 415 g/mol. The molecule has 0 aliphatic carbocycles. The van der Waals surface area contributed by atoms with Gasteiger partial charge in [0.2, 0.25) is 0 Å². The van der Waals surface area contributed by atoms with Crippen molar-refractivity contribution < 1.29 is 4.74 Å². The van der Waals surface area contributed by atoms with Gasteiger partial charge in [-0.25, -0.2) is 0 Å². The smallest absolute Gasteiger partial charge is 0.191 e. The lowest BCUT2D eigenvalue weighted by molar-refractivity contribution is 0.0258. The number of hydrogen-bond acceptors (Lipinski definition) is 3. The number of ether oxygens (including phenoxy) is 1. The molecule has 1 atom stereocenters. The summed E-state index contributed by atoms with van der Waals surface area (Å²) in [7, 11) is 1.76. The molecule has 0 amide bonds. The summed E-state index contributed by atoms with van der Waals surface area (Å²) >= 11 is 0. The van der Waals surface area contributed by atoms with Crippen molar-refractivity contribution in [3.63, 3.8) is 0 Å². The number of benzene rings is 1. The van der Waals surface area contributed by atoms with Crippen LogP contribution in [0.2, 0.25) is 0 Å². The van der Waals surface area contributed by atoms with Crippen molar-refractivity contribution in [3.8, 4) is 6.07 Å². The van der Waals surface area contributed by atoms with Crippen molar-refractivity contribution in [1.29, 1.82) is 5.26 Å². The minimum atomic E-state index is 0. The fourth-order valence-electron chi connectivity index (χ4n) is 2.26. The van der Waals surface area contributed by atoms with Gasteiger partial charge in [0, 0.05) is 26.7 Å². The Kier molecular flexibility index (Phi) is 12.3. The van der Waals surface area contributed by atoms with Crippen molar-refractivity contribution in [3.05, 3.63) is 35.4 Å². The Labute approximate surface area is 162 Å². The molecule has 0 aliphatic heterocycles. The second kappa shape index (κ2) is 13.0. The molecule has 0 saturated carbocycles. The van der Waals surface area contributed by atoms with Gasteiger partial charge in [0.15, 0.2) is 5.96 Å². The fourth-order valence-corrected chi connectivity index (χ4v) is 2.26. The van der Waals surface area contributed by atoms with Crippen LogP contribution in [0.25, 0.3) is 0 Å². The van der Waals surface area contributed by atoms with Crippen LogP contribution in [0.4, 0.5) is 0 Å². The largest absolute Gasteiger partial charge is 0.378 e. The summed E-state index contributed by atoms with van der Waals surface area (Å²) in [4.78, 5) is 4.23. The lowest BCUT2D eigenvalue weighted by Crippen LogP contribution is -2.38. The van der Waals surface area contributed by atoms with Gasteiger partial charge < -0.3 is 15.4 Å². The zero-order valence-corrected chi connectivity index (χ0v) is 17.3. The van der Waals surface area contributed by atoms with Crippen molar-refractivity contribution in [2.75, 3.05) is 20.2 Å². The lowest BCUT2D eigenvalue weighted by Gasteiger charge is -2.21. The standard InChI is InChI=1S/C18H28N4O.HI/c1-5-23-17(14(2)3)10-11-21-18(20-4)22-13-16-8-6-15(12-19)7-9-16;/h6-9,14,17H,5,10-11,13H2,1-4H3,(H2,20,21,22);1H. The van der Waals surface area contributed by atoms with Crippen LogP contribution in [0.3, 0.4) is 0 Å². The van der Waals surface area contributed by atoms with Crippen molar-refractivity contribution in [2.24, 2.45) is 10.9 Å². The number of aliphatic imine (C=N–C) groups is 1. The van der Waals surface area contributed by atoms with E-state index in [2.05, 4.69) is 35.5 Å². The Morgan fingerprint density at radius 2 is 1.92 bits per heavy atom. The number of nitrogens with zero attached hydrogens (tertiary/aromatic N) is 2. The first-order chi connectivity index (χ1) is 11.1. The summed E-state index contributed by atoms with van der Waals surface area (Å²) in [6.45, 7) is 8.62. The van der Waals surface area contributed by atoms with Crippen LogP contribution >= 0.6 is 24.0 Å². The number of halogens is 1. The van der Waals surface area contributed by atoms with Gasteiger partial charge in [0.05, 0.1) is 17.7 Å². The molecule has 1 aromatic rings. The highest BCUT2D eigenvalue weighted by Gasteiger charge is 2.12. The average Bonchev–Trinajstić information content (AvgIpc) is 2.57. The topological polar surface area (TPSA) is 69.4 Å². The first-order valence-electron chi connectivity index (χ1n) is 8.15. The van der Waals surface area contributed by atoms with Crippen LogP contribution in [0.1, 0.15) is 38.3 Å². The second-order valence-electron chi connectivity index (χ2n) is 5.69. The van der Waals surface area contributed by atoms with E-state index in [9.17, 15) is 0 Å². The Morgan fingerprint density at radius 3 is 2.42 bits per heavy atom. The molecule has 5 nitrogen and oxygen atoms in total. The zero-order chi connectivity index (χ0) is 17.1. The highest BCUT2D eigenvalue weighted by molar-refractivity contribution is 14.0. The maximum Gasteiger partial charge on any atom is 0.191 e. The molecule has 0 fully saturated rings. The molecular formula is C18H29IN4O. The van der Waals surface area contributed by atoms with Gasteiger partial charge >= 0.3 is 0 Å². The number of hydrogen-bond donors (Lipinski definition) is 2. The number of rotatable bonds is 8. The Morgan fingerprint density at radius 1 is 1.25 bits per heavy atom. The predicted octanol–water partition coefficient (Wildman–Crippen LogP) is 3.29. The van der Waals surface area contributed by atoms with Gasteiger partial charge in [-0.15, -0.1) is 24.0 Å². The van der Waals surface area contributed by atoms with Gasteiger partial charge in [-0.1, -0.05) is 26.0 Å². The Balaban J connectivity index is 0.00000529. The lowest BCUT2D eigenvalue weighted by atomic mass is 10.0. The van der Waals surface area contributed by atoms with E-state index in [-0.39, 0.29) is 30.1 Å². The van der Waals surface area contributed by atoms with Crippen LogP contribution in [0.5, 0.6) is 0 Å². The number of guanidine groups is 1. The maximum atomic E-state index is 8.80. The summed E-state index contributed by atoms with van der Waals surface area (Å²) in [5.74, 6) is 1.28. The van der Waals surface area contributed by atoms with E-state index in [1.165, 1.54) is 0 Å². The van der Waals surface area contributed by atoms with E-state index in [1.54, 1.807) is 7.05 Å². The fraction of sp³-hybridized carbons (Fsp3) is 0.556. The first-order valence-corrected chi connectivity index (χ1v) is 8.15. The average molecular weight is 444 g/mol. The molecule has 0 heterocycles. The quantitative estimate of drug-likeness (QED) is 0.367. The Hall–Kier alpha value is -1.33. The van der Waals surface area contributed by atoms with Crippen LogP contribution in [-0.2, 0) is 11.3 Å². The zero-order valence-electron chi connectivity index (χ0n) is 15.0. The van der Waals surface area contributed by atoms with Crippen LogP contribution in [0.15, 0.2) is 29.3 Å². The van der Waals surface area contributed by atoms with Crippen molar-refractivity contribution in [2.45, 2.75) is 39.8 Å². The molecule has 0 saturated heterocycles. The van der Waals surface area contributed by atoms with Crippen LogP contribution < -0.4 is 10.6 Å². The van der Waals surface area contributed by atoms with E-state index in [0.717, 1.165) is 31.1 Å². The van der Waals surface area contributed by atoms with Crippen LogP contribution in [0, 0.1) is 17.2 Å². The highest BCUT2D eigenvalue weighted by atomic mass is 127. The molecule has 0 aliphatic rings. The molecule has 24 heavy (non-hydrogen) atoms. The molecule has 0 bridgehead atoms. The molecule has 134 valence electrons. The van der Waals surface area contributed by atoms with Gasteiger partial charge in [-0.05, 0) is 37.0 Å². The molecule has 0 aromatic heterocycles. The van der Waals surface area contributed by atoms with E-state index >= 15 is 0 Å². The molecule has 0 spiro atoms. The summed E-state index contributed by atoms with van der Waals surface area (Å²) in [5, 5.41) is 15.4. The van der Waals surface area contributed by atoms with Gasteiger partial charge in [0.25, 0.3) is 0 Å². The maximum absolute atomic E-state index is 8.80. The summed E-state index contributed by atoms with van der Waals surface area (Å²) in [6.07, 6.45) is 1.22. The van der Waals surface area contributed by atoms with E-state index < -0.39 is 0 Å². The van der Waals surface area contributed by atoms with Crippen molar-refractivity contribution in [1.82, 2.24) is 10.6 Å². The third kappa shape index (κ3) is 8.50. The SMILES string of the molecule is CCOC(CCNC(=NC)NCc1ccc(C#N)cc1)C(C)C.I. The summed E-state index contributed by atoms with van der Waals surface area (Å²) in [6, 6.07) is 9.66. The molecule has 1 aromatic carbocycles. The molecule has 1 unspecified atom stereocenters. The molecule has 2 N–H and O–H groups in total. The van der Waals surface area contributed by atoms with Crippen LogP contribution in [-0.4, -0.2) is 32.3 Å². The molecule has 1 rings (SSSR count). The summed E-state index contributed by atoms with van der Waals surface area (Å²) < 4.78 is 5.74. The first kappa shape index (κ1) is 22.7. The Bertz CT molecular complexity index is 523. The van der Waals surface area contributed by atoms with Gasteiger partial charge in [0.1, 0.15) is 0 Å². The number of nitrogens with one attached hydrogen (secondary N) is 2. The highest BCUT2D eigenvalue weighted by Crippen LogP contribution is 2.09. The summed E-state index contributed by atoms with van der Waals surface area (Å²) in [5.41, 5.74) is 1.79. The molecule has 0 radical (unpaired) electrons.